The van der Waals surface area contributed by atoms with E-state index < -0.39 is 53.2 Å². The van der Waals surface area contributed by atoms with Gasteiger partial charge in [-0.15, -0.1) is 6.58 Å². The molecule has 2 heterocycles. The maximum atomic E-state index is 14.7. The molecule has 7 amide bonds. The molecule has 4 fully saturated rings. The number of imide groups is 1. The fraction of sp³-hybridized carbons (Fsp3) is 0.718. The number of rotatable bonds is 15. The van der Waals surface area contributed by atoms with E-state index in [1.54, 1.807) is 4.90 Å². The van der Waals surface area contributed by atoms with Gasteiger partial charge in [0.1, 0.15) is 12.1 Å². The van der Waals surface area contributed by atoms with Gasteiger partial charge in [-0.05, 0) is 63.2 Å². The van der Waals surface area contributed by atoms with Crippen LogP contribution in [-0.2, 0) is 28.8 Å². The second kappa shape index (κ2) is 18.1. The van der Waals surface area contributed by atoms with Crippen LogP contribution in [0.2, 0.25) is 0 Å². The van der Waals surface area contributed by atoms with Crippen LogP contribution in [0.3, 0.4) is 0 Å². The Labute approximate surface area is 308 Å². The molecule has 0 spiro atoms. The zero-order valence-corrected chi connectivity index (χ0v) is 31.8. The van der Waals surface area contributed by atoms with Gasteiger partial charge in [0, 0.05) is 38.4 Å². The zero-order valence-electron chi connectivity index (χ0n) is 31.8. The Morgan fingerprint density at radius 2 is 1.54 bits per heavy atom. The highest BCUT2D eigenvalue weighted by atomic mass is 16.2. The minimum atomic E-state index is -1.03. The van der Waals surface area contributed by atoms with Crippen molar-refractivity contribution in [2.75, 3.05) is 19.6 Å². The molecule has 13 heteroatoms. The first kappa shape index (κ1) is 40.7. The van der Waals surface area contributed by atoms with E-state index in [-0.39, 0.29) is 68.0 Å². The lowest BCUT2D eigenvalue weighted by molar-refractivity contribution is -0.148. The summed E-state index contributed by atoms with van der Waals surface area (Å²) in [6.45, 7) is 13.6. The van der Waals surface area contributed by atoms with Gasteiger partial charge in [0.05, 0.1) is 12.1 Å². The summed E-state index contributed by atoms with van der Waals surface area (Å²) in [4.78, 5) is 96.7. The molecule has 0 bridgehead atoms. The molecule has 2 saturated carbocycles. The van der Waals surface area contributed by atoms with Gasteiger partial charge in [-0.3, -0.25) is 33.7 Å². The maximum absolute atomic E-state index is 14.7. The number of carbonyl (C=O) groups excluding carboxylic acids is 7. The number of allylic oxidation sites excluding steroid dienone is 1. The Balaban J connectivity index is 1.57. The lowest BCUT2D eigenvalue weighted by atomic mass is 9.83. The van der Waals surface area contributed by atoms with Crippen LogP contribution in [0.5, 0.6) is 0 Å². The van der Waals surface area contributed by atoms with Crippen molar-refractivity contribution >= 4 is 41.4 Å². The monoisotopic (exact) mass is 724 g/mol. The number of piperidine rings is 1. The van der Waals surface area contributed by atoms with Crippen LogP contribution in [-0.4, -0.2) is 95.0 Å². The van der Waals surface area contributed by atoms with E-state index in [0.717, 1.165) is 50.5 Å². The molecule has 4 aliphatic rings. The summed E-state index contributed by atoms with van der Waals surface area (Å²) >= 11 is 0. The molecular weight excluding hydrogens is 664 g/mol. The number of amides is 7. The predicted octanol–water partition coefficient (Wildman–Crippen LogP) is 3.53. The molecule has 0 aromatic heterocycles. The standard InChI is InChI=1S/C39H60N6O7/c1-7-19-40-36(50)34(48)28(22-25-16-17-25)41-35(49)33-27(21-24(2)3)18-20-44(33)37(51)32(26-12-9-8-10-13-26)43-38(52)42-29(39(4,5)6)23-45-30(46)14-11-15-31(45)47/h7,21,25-29,32-33H,1,8-20,22-23H2,2-6H3,(H,40,50)(H,41,49)(H2,42,43,52)/t27-,28?,29-,32+,33+/m1/s1. The molecule has 4 N–H and O–H groups in total. The molecule has 0 aromatic rings. The fourth-order valence-corrected chi connectivity index (χ4v) is 7.68. The van der Waals surface area contributed by atoms with E-state index in [1.807, 2.05) is 40.7 Å². The van der Waals surface area contributed by atoms with Crippen LogP contribution in [0.4, 0.5) is 4.79 Å². The summed E-state index contributed by atoms with van der Waals surface area (Å²) in [5.74, 6) is -3.15. The Morgan fingerprint density at radius 1 is 0.885 bits per heavy atom. The van der Waals surface area contributed by atoms with E-state index in [4.69, 9.17) is 0 Å². The van der Waals surface area contributed by atoms with Crippen LogP contribution in [0, 0.1) is 23.2 Å². The summed E-state index contributed by atoms with van der Waals surface area (Å²) in [7, 11) is 0. The Kier molecular flexibility index (Phi) is 14.2. The molecule has 0 aromatic carbocycles. The Bertz CT molecular complexity index is 1390. The number of nitrogens with zero attached hydrogens (tertiary/aromatic N) is 2. The van der Waals surface area contributed by atoms with Crippen molar-refractivity contribution in [2.24, 2.45) is 23.2 Å². The molecule has 1 unspecified atom stereocenters. The van der Waals surface area contributed by atoms with Gasteiger partial charge >= 0.3 is 6.03 Å². The van der Waals surface area contributed by atoms with Crippen molar-refractivity contribution in [1.82, 2.24) is 31.1 Å². The van der Waals surface area contributed by atoms with Crippen LogP contribution in [0.15, 0.2) is 24.3 Å². The molecule has 2 aliphatic carbocycles. The molecule has 52 heavy (non-hydrogen) atoms. The first-order valence-corrected chi connectivity index (χ1v) is 19.2. The minimum Gasteiger partial charge on any atom is -0.346 e. The first-order chi connectivity index (χ1) is 24.6. The summed E-state index contributed by atoms with van der Waals surface area (Å²) in [6.07, 6.45) is 11.5. The molecule has 2 aliphatic heterocycles. The molecule has 288 valence electrons. The molecule has 5 atom stereocenters. The second-order valence-electron chi connectivity index (χ2n) is 16.4. The molecular formula is C39H60N6O7. The van der Waals surface area contributed by atoms with Crippen LogP contribution in [0.25, 0.3) is 0 Å². The second-order valence-corrected chi connectivity index (χ2v) is 16.4. The van der Waals surface area contributed by atoms with E-state index >= 15 is 0 Å². The van der Waals surface area contributed by atoms with Crippen molar-refractivity contribution in [3.05, 3.63) is 24.3 Å². The van der Waals surface area contributed by atoms with Crippen LogP contribution in [0.1, 0.15) is 112 Å². The summed E-state index contributed by atoms with van der Waals surface area (Å²) < 4.78 is 0. The van der Waals surface area contributed by atoms with Crippen LogP contribution < -0.4 is 21.3 Å². The molecule has 2 saturated heterocycles. The quantitative estimate of drug-likeness (QED) is 0.114. The number of likely N-dealkylation sites (tertiary alicyclic amines) is 2. The predicted molar refractivity (Wildman–Crippen MR) is 196 cm³/mol. The fourth-order valence-electron chi connectivity index (χ4n) is 7.68. The van der Waals surface area contributed by atoms with Crippen molar-refractivity contribution in [3.8, 4) is 0 Å². The number of ketones is 1. The number of carbonyl (C=O) groups is 7. The molecule has 4 rings (SSSR count). The van der Waals surface area contributed by atoms with Crippen molar-refractivity contribution in [1.29, 1.82) is 0 Å². The van der Waals surface area contributed by atoms with Crippen molar-refractivity contribution in [3.63, 3.8) is 0 Å². The normalized spacial score (nSPS) is 22.9. The lowest BCUT2D eigenvalue weighted by Crippen LogP contribution is -2.61. The SMILES string of the molecule is C=CCNC(=O)C(=O)C(CC1CC1)NC(=O)[C@@H]1[C@@H](C=C(C)C)CCN1C(=O)[C@@H](NC(=O)N[C@H](CN1C(=O)CCCC1=O)C(C)(C)C)C1CCCCC1. The van der Waals surface area contributed by atoms with Gasteiger partial charge in [-0.25, -0.2) is 4.79 Å². The summed E-state index contributed by atoms with van der Waals surface area (Å²) in [6, 6.07) is -4.06. The number of nitrogens with one attached hydrogen (secondary N) is 4. The third-order valence-corrected chi connectivity index (χ3v) is 10.8. The highest BCUT2D eigenvalue weighted by molar-refractivity contribution is 6.38. The topological polar surface area (TPSA) is 174 Å². The average molecular weight is 725 g/mol. The van der Waals surface area contributed by atoms with Gasteiger partial charge in [0.2, 0.25) is 29.4 Å². The van der Waals surface area contributed by atoms with Gasteiger partial charge in [-0.1, -0.05) is 70.6 Å². The first-order valence-electron chi connectivity index (χ1n) is 19.2. The zero-order chi connectivity index (χ0) is 38.2. The number of Topliss-reactive ketones (excluding diaryl/α,β-unsaturated/α-hetero) is 1. The minimum absolute atomic E-state index is 0.0295. The largest absolute Gasteiger partial charge is 0.346 e. The van der Waals surface area contributed by atoms with Gasteiger partial charge in [0.15, 0.2) is 0 Å². The highest BCUT2D eigenvalue weighted by Crippen LogP contribution is 2.35. The van der Waals surface area contributed by atoms with E-state index in [9.17, 15) is 33.6 Å². The lowest BCUT2D eigenvalue weighted by Gasteiger charge is -2.38. The number of hydrogen-bond acceptors (Lipinski definition) is 7. The van der Waals surface area contributed by atoms with E-state index in [2.05, 4.69) is 27.8 Å². The van der Waals surface area contributed by atoms with E-state index in [0.29, 0.717) is 19.3 Å². The van der Waals surface area contributed by atoms with Gasteiger partial charge in [-0.2, -0.15) is 0 Å². The summed E-state index contributed by atoms with van der Waals surface area (Å²) in [5.41, 5.74) is 0.457. The van der Waals surface area contributed by atoms with Gasteiger partial charge < -0.3 is 26.2 Å². The summed E-state index contributed by atoms with van der Waals surface area (Å²) in [5, 5.41) is 11.3. The smallest absolute Gasteiger partial charge is 0.315 e. The van der Waals surface area contributed by atoms with Crippen molar-refractivity contribution < 1.29 is 33.6 Å². The third-order valence-electron chi connectivity index (χ3n) is 10.8. The Morgan fingerprint density at radius 3 is 2.12 bits per heavy atom. The average Bonchev–Trinajstić information content (AvgIpc) is 3.82. The molecule has 13 nitrogen and oxygen atoms in total. The van der Waals surface area contributed by atoms with Gasteiger partial charge in [0.25, 0.3) is 5.91 Å². The van der Waals surface area contributed by atoms with E-state index in [1.165, 1.54) is 11.0 Å². The number of hydrogen-bond donors (Lipinski definition) is 4. The van der Waals surface area contributed by atoms with Crippen molar-refractivity contribution in [2.45, 2.75) is 136 Å². The molecule has 0 radical (unpaired) electrons. The third kappa shape index (κ3) is 11.0. The Hall–Kier alpha value is -4.03. The van der Waals surface area contributed by atoms with Crippen LogP contribution >= 0.6 is 0 Å². The maximum Gasteiger partial charge on any atom is 0.315 e. The number of urea groups is 1. The highest BCUT2D eigenvalue weighted by Gasteiger charge is 2.46.